The summed E-state index contributed by atoms with van der Waals surface area (Å²) in [5.74, 6) is 1.37. The monoisotopic (exact) mass is 488 g/mol. The number of nitrogen functional groups attached to an aromatic ring is 1. The van der Waals surface area contributed by atoms with Gasteiger partial charge in [0.2, 0.25) is 5.95 Å². The molecule has 1 heterocycles. The number of nitrogens with zero attached hydrogens (tertiary/aromatic N) is 2. The van der Waals surface area contributed by atoms with E-state index < -0.39 is 0 Å². The number of hydrogen-bond acceptors (Lipinski definition) is 6. The Morgan fingerprint density at radius 1 is 0.969 bits per heavy atom. The first-order chi connectivity index (χ1) is 15.5. The summed E-state index contributed by atoms with van der Waals surface area (Å²) in [5, 5.41) is 3.23. The molecule has 0 saturated carbocycles. The van der Waals surface area contributed by atoms with Gasteiger partial charge in [-0.25, -0.2) is 4.98 Å². The number of ketones is 1. The first-order valence-corrected chi connectivity index (χ1v) is 10.9. The number of nitrogens with two attached hydrogens (primary N) is 1. The summed E-state index contributed by atoms with van der Waals surface area (Å²) < 4.78 is 6.65. The fourth-order valence-electron chi connectivity index (χ4n) is 3.26. The van der Waals surface area contributed by atoms with Crippen LogP contribution in [0, 0.1) is 0 Å². The first kappa shape index (κ1) is 21.5. The average molecular weight is 489 g/mol. The minimum absolute atomic E-state index is 0.0242. The minimum atomic E-state index is -0.0242. The number of carbonyl (C=O) groups is 1. The summed E-state index contributed by atoms with van der Waals surface area (Å²) in [6.45, 7) is 2.47. The number of halogens is 1. The molecule has 0 spiro atoms. The van der Waals surface area contributed by atoms with Crippen LogP contribution in [0.3, 0.4) is 0 Å². The fraction of sp³-hybridized carbons (Fsp3) is 0.0800. The van der Waals surface area contributed by atoms with E-state index in [1.54, 1.807) is 24.3 Å². The summed E-state index contributed by atoms with van der Waals surface area (Å²) in [7, 11) is 0. The molecule has 0 atom stereocenters. The van der Waals surface area contributed by atoms with Gasteiger partial charge in [0.15, 0.2) is 5.78 Å². The molecule has 0 fully saturated rings. The predicted molar refractivity (Wildman–Crippen MR) is 130 cm³/mol. The summed E-state index contributed by atoms with van der Waals surface area (Å²) in [5.41, 5.74) is 9.47. The van der Waals surface area contributed by atoms with Gasteiger partial charge in [0.05, 0.1) is 12.3 Å². The Labute approximate surface area is 194 Å². The maximum Gasteiger partial charge on any atom is 0.222 e. The molecule has 0 unspecified atom stereocenters. The summed E-state index contributed by atoms with van der Waals surface area (Å²) in [4.78, 5) is 21.3. The lowest BCUT2D eigenvalue weighted by Gasteiger charge is -2.13. The molecule has 160 valence electrons. The second-order valence-electron chi connectivity index (χ2n) is 6.97. The standard InChI is InChI=1S/C25H21BrN4O2/c1-2-32-22-13-10-18(26)14-20(22)21-15-23(30-25(27)29-21)28-19-11-8-17(9-12-19)24(31)16-6-4-3-5-7-16/h3-15H,2H2,1H3,(H3,27,28,29,30). The number of ether oxygens (including phenoxy) is 1. The van der Waals surface area contributed by atoms with E-state index >= 15 is 0 Å². The van der Waals surface area contributed by atoms with Crippen molar-refractivity contribution in [1.29, 1.82) is 0 Å². The van der Waals surface area contributed by atoms with Gasteiger partial charge in [-0.3, -0.25) is 4.79 Å². The van der Waals surface area contributed by atoms with E-state index in [2.05, 4.69) is 31.2 Å². The smallest absolute Gasteiger partial charge is 0.222 e. The zero-order chi connectivity index (χ0) is 22.5. The Balaban J connectivity index is 1.59. The number of rotatable bonds is 7. The van der Waals surface area contributed by atoms with Crippen molar-refractivity contribution in [1.82, 2.24) is 9.97 Å². The summed E-state index contributed by atoms with van der Waals surface area (Å²) in [6, 6.07) is 24.0. The highest BCUT2D eigenvalue weighted by molar-refractivity contribution is 9.10. The van der Waals surface area contributed by atoms with Gasteiger partial charge in [0, 0.05) is 32.9 Å². The molecular formula is C25H21BrN4O2. The van der Waals surface area contributed by atoms with Crippen LogP contribution in [0.25, 0.3) is 11.3 Å². The highest BCUT2D eigenvalue weighted by atomic mass is 79.9. The van der Waals surface area contributed by atoms with Gasteiger partial charge in [-0.15, -0.1) is 0 Å². The zero-order valence-corrected chi connectivity index (χ0v) is 19.0. The highest BCUT2D eigenvalue weighted by Gasteiger charge is 2.12. The molecule has 0 bridgehead atoms. The predicted octanol–water partition coefficient (Wildman–Crippen LogP) is 5.86. The van der Waals surface area contributed by atoms with Crippen molar-refractivity contribution in [2.45, 2.75) is 6.92 Å². The number of nitrogens with one attached hydrogen (secondary N) is 1. The molecular weight excluding hydrogens is 468 g/mol. The number of anilines is 3. The Morgan fingerprint density at radius 2 is 1.69 bits per heavy atom. The lowest BCUT2D eigenvalue weighted by Crippen LogP contribution is -2.03. The van der Waals surface area contributed by atoms with Crippen molar-refractivity contribution in [2.24, 2.45) is 0 Å². The Morgan fingerprint density at radius 3 is 2.41 bits per heavy atom. The number of hydrogen-bond donors (Lipinski definition) is 2. The van der Waals surface area contributed by atoms with Crippen LogP contribution in [-0.2, 0) is 0 Å². The summed E-state index contributed by atoms with van der Waals surface area (Å²) >= 11 is 3.50. The van der Waals surface area contributed by atoms with Crippen LogP contribution in [0.2, 0.25) is 0 Å². The van der Waals surface area contributed by atoms with Crippen molar-refractivity contribution < 1.29 is 9.53 Å². The van der Waals surface area contributed by atoms with Crippen LogP contribution < -0.4 is 15.8 Å². The van der Waals surface area contributed by atoms with Gasteiger partial charge in [-0.2, -0.15) is 4.98 Å². The molecule has 4 aromatic rings. The second-order valence-corrected chi connectivity index (χ2v) is 7.88. The third kappa shape index (κ3) is 4.95. The van der Waals surface area contributed by atoms with E-state index in [1.165, 1.54) is 0 Å². The maximum atomic E-state index is 12.6. The molecule has 1 aromatic heterocycles. The van der Waals surface area contributed by atoms with Gasteiger partial charge in [0.25, 0.3) is 0 Å². The Hall–Kier alpha value is -3.71. The van der Waals surface area contributed by atoms with E-state index in [0.29, 0.717) is 35.0 Å². The van der Waals surface area contributed by atoms with Gasteiger partial charge in [-0.1, -0.05) is 46.3 Å². The zero-order valence-electron chi connectivity index (χ0n) is 17.4. The van der Waals surface area contributed by atoms with Crippen molar-refractivity contribution in [2.75, 3.05) is 17.7 Å². The fourth-order valence-corrected chi connectivity index (χ4v) is 3.62. The van der Waals surface area contributed by atoms with Crippen molar-refractivity contribution in [3.8, 4) is 17.0 Å². The van der Waals surface area contributed by atoms with Crippen LogP contribution in [-0.4, -0.2) is 22.4 Å². The van der Waals surface area contributed by atoms with Crippen molar-refractivity contribution in [3.05, 3.63) is 94.5 Å². The number of benzene rings is 3. The Bertz CT molecular complexity index is 1240. The van der Waals surface area contributed by atoms with Crippen molar-refractivity contribution >= 4 is 39.2 Å². The first-order valence-electron chi connectivity index (χ1n) is 10.1. The molecule has 3 N–H and O–H groups in total. The van der Waals surface area contributed by atoms with Crippen LogP contribution in [0.4, 0.5) is 17.5 Å². The molecule has 6 nitrogen and oxygen atoms in total. The third-order valence-electron chi connectivity index (χ3n) is 4.72. The van der Waals surface area contributed by atoms with E-state index in [4.69, 9.17) is 10.5 Å². The lowest BCUT2D eigenvalue weighted by molar-refractivity contribution is 0.103. The normalized spacial score (nSPS) is 10.6. The number of aromatic nitrogens is 2. The molecule has 0 saturated heterocycles. The third-order valence-corrected chi connectivity index (χ3v) is 5.21. The van der Waals surface area contributed by atoms with E-state index in [0.717, 1.165) is 15.7 Å². The van der Waals surface area contributed by atoms with Crippen LogP contribution in [0.15, 0.2) is 83.3 Å². The SMILES string of the molecule is CCOc1ccc(Br)cc1-c1cc(Nc2ccc(C(=O)c3ccccc3)cc2)nc(N)n1. The van der Waals surface area contributed by atoms with Crippen LogP contribution in [0.5, 0.6) is 5.75 Å². The second kappa shape index (κ2) is 9.62. The molecule has 0 aliphatic heterocycles. The van der Waals surface area contributed by atoms with Gasteiger partial charge in [-0.05, 0) is 49.4 Å². The molecule has 0 aliphatic rings. The van der Waals surface area contributed by atoms with Gasteiger partial charge >= 0.3 is 0 Å². The van der Waals surface area contributed by atoms with Crippen LogP contribution >= 0.6 is 15.9 Å². The molecule has 4 rings (SSSR count). The average Bonchev–Trinajstić information content (AvgIpc) is 2.80. The van der Waals surface area contributed by atoms with Gasteiger partial charge < -0.3 is 15.8 Å². The molecule has 0 amide bonds. The van der Waals surface area contributed by atoms with E-state index in [-0.39, 0.29) is 11.7 Å². The summed E-state index contributed by atoms with van der Waals surface area (Å²) in [6.07, 6.45) is 0. The quantitative estimate of drug-likeness (QED) is 0.316. The Kier molecular flexibility index (Phi) is 6.47. The van der Waals surface area contributed by atoms with Crippen LogP contribution in [0.1, 0.15) is 22.8 Å². The molecule has 32 heavy (non-hydrogen) atoms. The van der Waals surface area contributed by atoms with Gasteiger partial charge in [0.1, 0.15) is 11.6 Å². The van der Waals surface area contributed by atoms with E-state index in [1.807, 2.05) is 61.5 Å². The maximum absolute atomic E-state index is 12.6. The topological polar surface area (TPSA) is 90.1 Å². The minimum Gasteiger partial charge on any atom is -0.493 e. The molecule has 3 aromatic carbocycles. The van der Waals surface area contributed by atoms with E-state index in [9.17, 15) is 4.79 Å². The molecule has 0 radical (unpaired) electrons. The molecule has 7 heteroatoms. The molecule has 0 aliphatic carbocycles. The largest absolute Gasteiger partial charge is 0.493 e. The highest BCUT2D eigenvalue weighted by Crippen LogP contribution is 2.33. The van der Waals surface area contributed by atoms with Crippen molar-refractivity contribution in [3.63, 3.8) is 0 Å². The lowest BCUT2D eigenvalue weighted by atomic mass is 10.0. The number of carbonyl (C=O) groups excluding carboxylic acids is 1.